The lowest BCUT2D eigenvalue weighted by Crippen LogP contribution is -2.54. The normalized spacial score (nSPS) is 17.0. The van der Waals surface area contributed by atoms with Crippen LogP contribution in [0.4, 0.5) is 28.9 Å². The monoisotopic (exact) mass is 576 g/mol. The van der Waals surface area contributed by atoms with Gasteiger partial charge in [-0.25, -0.2) is 4.39 Å². The summed E-state index contributed by atoms with van der Waals surface area (Å²) < 4.78 is 60.6. The van der Waals surface area contributed by atoms with Gasteiger partial charge in [0.1, 0.15) is 18.5 Å². The lowest BCUT2D eigenvalue weighted by Gasteiger charge is -2.32. The molecule has 14 heteroatoms. The van der Waals surface area contributed by atoms with Crippen molar-refractivity contribution in [2.24, 2.45) is 5.92 Å². The van der Waals surface area contributed by atoms with Crippen molar-refractivity contribution in [2.45, 2.75) is 25.1 Å². The Morgan fingerprint density at radius 3 is 2.61 bits per heavy atom. The molecule has 0 unspecified atom stereocenters. The fourth-order valence-electron chi connectivity index (χ4n) is 4.07. The van der Waals surface area contributed by atoms with Crippen LogP contribution in [0.25, 0.3) is 0 Å². The summed E-state index contributed by atoms with van der Waals surface area (Å²) in [6, 6.07) is 5.25. The Labute approximate surface area is 224 Å². The number of carbonyl (C=O) groups is 3. The van der Waals surface area contributed by atoms with Gasteiger partial charge in [-0.1, -0.05) is 11.6 Å². The molecule has 4 rings (SSSR count). The quantitative estimate of drug-likeness (QED) is 0.419. The van der Waals surface area contributed by atoms with Crippen LogP contribution in [0.2, 0.25) is 4.34 Å². The largest absolute Gasteiger partial charge is 0.401 e. The van der Waals surface area contributed by atoms with Gasteiger partial charge in [0.05, 0.1) is 28.1 Å². The van der Waals surface area contributed by atoms with Gasteiger partial charge in [-0.2, -0.15) is 13.2 Å². The summed E-state index contributed by atoms with van der Waals surface area (Å²) in [4.78, 5) is 40.3. The lowest BCUT2D eigenvalue weighted by atomic mass is 10.1. The maximum absolute atomic E-state index is 14.9. The van der Waals surface area contributed by atoms with Crippen LogP contribution < -0.4 is 15.5 Å². The average molecular weight is 577 g/mol. The number of amides is 3. The second kappa shape index (κ2) is 12.0. The van der Waals surface area contributed by atoms with E-state index in [1.807, 2.05) is 0 Å². The molecule has 0 spiro atoms. The molecule has 38 heavy (non-hydrogen) atoms. The summed E-state index contributed by atoms with van der Waals surface area (Å²) in [6.07, 6.45) is -3.09. The molecule has 1 aliphatic heterocycles. The average Bonchev–Trinajstić information content (AvgIpc) is 3.55. The van der Waals surface area contributed by atoms with E-state index in [0.29, 0.717) is 4.34 Å². The van der Waals surface area contributed by atoms with Crippen molar-refractivity contribution < 1.29 is 36.7 Å². The number of ether oxygens (including phenoxy) is 1. The second-order valence-electron chi connectivity index (χ2n) is 9.07. The van der Waals surface area contributed by atoms with Crippen LogP contribution in [0.15, 0.2) is 30.3 Å². The highest BCUT2D eigenvalue weighted by molar-refractivity contribution is 7.18. The molecule has 1 aromatic heterocycles. The van der Waals surface area contributed by atoms with Crippen molar-refractivity contribution in [2.75, 3.05) is 49.6 Å². The fraction of sp³-hybridized carbons (Fsp3) is 0.458. The number of alkyl halides is 3. The Balaban J connectivity index is 1.52. The minimum Gasteiger partial charge on any atom is -0.370 e. The van der Waals surface area contributed by atoms with E-state index < -0.39 is 48.8 Å². The molecule has 206 valence electrons. The number of hydrogen-bond donors (Lipinski definition) is 2. The molecular weight excluding hydrogens is 552 g/mol. The van der Waals surface area contributed by atoms with Gasteiger partial charge in [0.2, 0.25) is 5.91 Å². The van der Waals surface area contributed by atoms with Crippen LogP contribution in [0.5, 0.6) is 0 Å². The highest BCUT2D eigenvalue weighted by Crippen LogP contribution is 2.32. The first-order chi connectivity index (χ1) is 18.0. The van der Waals surface area contributed by atoms with Crippen molar-refractivity contribution in [1.82, 2.24) is 10.2 Å². The maximum Gasteiger partial charge on any atom is 0.401 e. The third-order valence-electron chi connectivity index (χ3n) is 6.06. The zero-order valence-corrected chi connectivity index (χ0v) is 21.6. The van der Waals surface area contributed by atoms with Gasteiger partial charge in [-0.3, -0.25) is 19.3 Å². The number of anilines is 2. The molecule has 3 amide bonds. The third-order valence-corrected chi connectivity index (χ3v) is 7.29. The maximum atomic E-state index is 14.9. The van der Waals surface area contributed by atoms with Gasteiger partial charge >= 0.3 is 6.18 Å². The van der Waals surface area contributed by atoms with E-state index in [4.69, 9.17) is 16.3 Å². The second-order valence-corrected chi connectivity index (χ2v) is 10.8. The van der Waals surface area contributed by atoms with E-state index in [1.54, 1.807) is 0 Å². The molecule has 1 saturated heterocycles. The van der Waals surface area contributed by atoms with Gasteiger partial charge < -0.3 is 20.3 Å². The van der Waals surface area contributed by atoms with E-state index in [0.717, 1.165) is 35.1 Å². The molecule has 0 radical (unpaired) electrons. The summed E-state index contributed by atoms with van der Waals surface area (Å²) in [6.45, 7) is -1.53. The Kier molecular flexibility index (Phi) is 8.91. The minimum atomic E-state index is -4.59. The molecule has 2 aromatic rings. The van der Waals surface area contributed by atoms with Crippen molar-refractivity contribution >= 4 is 52.0 Å². The number of thiophene rings is 1. The van der Waals surface area contributed by atoms with Crippen molar-refractivity contribution in [3.8, 4) is 0 Å². The van der Waals surface area contributed by atoms with E-state index in [9.17, 15) is 31.9 Å². The van der Waals surface area contributed by atoms with Gasteiger partial charge in [0.25, 0.3) is 11.8 Å². The Hall–Kier alpha value is -2.74. The van der Waals surface area contributed by atoms with Crippen LogP contribution in [0, 0.1) is 11.7 Å². The van der Waals surface area contributed by atoms with Crippen molar-refractivity contribution in [1.29, 1.82) is 0 Å². The van der Waals surface area contributed by atoms with Crippen LogP contribution in [-0.4, -0.2) is 74.2 Å². The Morgan fingerprint density at radius 2 is 2.00 bits per heavy atom. The molecule has 2 heterocycles. The third kappa shape index (κ3) is 7.65. The molecular formula is C24H25ClF4N4O4S. The number of nitrogens with one attached hydrogen (secondary N) is 2. The van der Waals surface area contributed by atoms with E-state index in [-0.39, 0.29) is 48.5 Å². The topological polar surface area (TPSA) is 91.0 Å². The van der Waals surface area contributed by atoms with Crippen LogP contribution >= 0.6 is 22.9 Å². The smallest absolute Gasteiger partial charge is 0.370 e. The number of rotatable bonds is 10. The molecule has 1 saturated carbocycles. The van der Waals surface area contributed by atoms with E-state index in [1.165, 1.54) is 29.2 Å². The van der Waals surface area contributed by atoms with Crippen molar-refractivity contribution in [3.05, 3.63) is 45.4 Å². The zero-order valence-electron chi connectivity index (χ0n) is 20.0. The standard InChI is InChI=1S/C24H25ClF4N4O4S/c25-20-6-5-19(38-20)23(36)30-10-18(32(11-14-1-2-14)13-24(27,28)29)22(35)31-15-3-4-17(16(26)9-15)33-7-8-37-12-21(33)34/h3-6,9,14,18H,1-2,7-8,10-13H2,(H,30,36)(H,31,35)/t18-/m0/s1. The zero-order chi connectivity index (χ0) is 27.4. The SMILES string of the molecule is O=C(NC[C@@H](C(=O)Nc1ccc(N2CCOCC2=O)c(F)c1)N(CC1CC1)CC(F)(F)F)c1ccc(Cl)s1. The summed E-state index contributed by atoms with van der Waals surface area (Å²) in [5.41, 5.74) is -0.00106. The Bertz CT molecular complexity index is 1190. The van der Waals surface area contributed by atoms with Crippen LogP contribution in [0.1, 0.15) is 22.5 Å². The van der Waals surface area contributed by atoms with Gasteiger partial charge in [0, 0.05) is 25.3 Å². The summed E-state index contributed by atoms with van der Waals surface area (Å²) in [5.74, 6) is -2.61. The first-order valence-electron chi connectivity index (χ1n) is 11.8. The molecule has 1 atom stereocenters. The number of carbonyl (C=O) groups excluding carboxylic acids is 3. The first-order valence-corrected chi connectivity index (χ1v) is 13.0. The van der Waals surface area contributed by atoms with Gasteiger partial charge in [-0.05, 0) is 49.1 Å². The molecule has 1 aromatic carbocycles. The number of nitrogens with zero attached hydrogens (tertiary/aromatic N) is 2. The number of benzene rings is 1. The van der Waals surface area contributed by atoms with Crippen LogP contribution in [0.3, 0.4) is 0 Å². The fourth-order valence-corrected chi connectivity index (χ4v) is 5.03. The minimum absolute atomic E-state index is 0.00199. The number of morpholine rings is 1. The molecule has 2 N–H and O–H groups in total. The number of hydrogen-bond acceptors (Lipinski definition) is 6. The molecule has 8 nitrogen and oxygen atoms in total. The van der Waals surface area contributed by atoms with E-state index >= 15 is 0 Å². The molecule has 2 fully saturated rings. The highest BCUT2D eigenvalue weighted by atomic mass is 35.5. The van der Waals surface area contributed by atoms with Gasteiger partial charge in [-0.15, -0.1) is 11.3 Å². The predicted octanol–water partition coefficient (Wildman–Crippen LogP) is 3.92. The van der Waals surface area contributed by atoms with Crippen molar-refractivity contribution in [3.63, 3.8) is 0 Å². The summed E-state index contributed by atoms with van der Waals surface area (Å²) in [5, 5.41) is 4.99. The summed E-state index contributed by atoms with van der Waals surface area (Å²) >= 11 is 6.85. The molecule has 1 aliphatic carbocycles. The van der Waals surface area contributed by atoms with Crippen LogP contribution in [-0.2, 0) is 14.3 Å². The first kappa shape index (κ1) is 28.3. The predicted molar refractivity (Wildman–Crippen MR) is 134 cm³/mol. The lowest BCUT2D eigenvalue weighted by molar-refractivity contribution is -0.154. The summed E-state index contributed by atoms with van der Waals surface area (Å²) in [7, 11) is 0. The number of halogens is 5. The highest BCUT2D eigenvalue weighted by Gasteiger charge is 2.39. The van der Waals surface area contributed by atoms with E-state index in [2.05, 4.69) is 10.6 Å². The van der Waals surface area contributed by atoms with Gasteiger partial charge in [0.15, 0.2) is 0 Å². The molecule has 2 aliphatic rings. The Morgan fingerprint density at radius 1 is 1.24 bits per heavy atom. The molecule has 0 bridgehead atoms.